The maximum absolute atomic E-state index is 14.1. The van der Waals surface area contributed by atoms with Crippen molar-refractivity contribution in [3.8, 4) is 12.3 Å². The molecule has 0 spiro atoms. The molecule has 1 fully saturated rings. The second-order valence-electron chi connectivity index (χ2n) is 4.32. The Labute approximate surface area is 101 Å². The van der Waals surface area contributed by atoms with Gasteiger partial charge in [-0.2, -0.15) is 0 Å². The van der Waals surface area contributed by atoms with E-state index in [1.165, 1.54) is 12.8 Å². The number of aromatic nitrogens is 1. The van der Waals surface area contributed by atoms with Gasteiger partial charge in [-0.25, -0.2) is 9.37 Å². The average Bonchev–Trinajstić information content (AvgIpc) is 3.12. The highest BCUT2D eigenvalue weighted by Gasteiger charge is 2.21. The molecule has 1 aliphatic rings. The van der Waals surface area contributed by atoms with Gasteiger partial charge in [0.25, 0.3) is 0 Å². The van der Waals surface area contributed by atoms with E-state index in [2.05, 4.69) is 16.2 Å². The summed E-state index contributed by atoms with van der Waals surface area (Å²) < 4.78 is 14.1. The van der Waals surface area contributed by atoms with Gasteiger partial charge < -0.3 is 10.2 Å². The minimum Gasteiger partial charge on any atom is -0.346 e. The number of nitrogens with one attached hydrogen (secondary N) is 1. The van der Waals surface area contributed by atoms with E-state index < -0.39 is 0 Å². The third-order valence-corrected chi connectivity index (χ3v) is 2.80. The quantitative estimate of drug-likeness (QED) is 0.782. The van der Waals surface area contributed by atoms with E-state index in [4.69, 9.17) is 6.42 Å². The van der Waals surface area contributed by atoms with Crippen LogP contribution in [0.3, 0.4) is 0 Å². The van der Waals surface area contributed by atoms with Crippen LogP contribution in [0.1, 0.15) is 18.4 Å². The molecule has 0 amide bonds. The van der Waals surface area contributed by atoms with Crippen LogP contribution < -0.4 is 10.2 Å². The highest BCUT2D eigenvalue weighted by Crippen LogP contribution is 2.22. The molecule has 1 aliphatic carbocycles. The number of halogens is 1. The molecule has 4 heteroatoms. The summed E-state index contributed by atoms with van der Waals surface area (Å²) in [6, 6.07) is 2.27. The summed E-state index contributed by atoms with van der Waals surface area (Å²) >= 11 is 0. The largest absolute Gasteiger partial charge is 0.346 e. The van der Waals surface area contributed by atoms with Crippen molar-refractivity contribution >= 4 is 5.82 Å². The number of anilines is 1. The highest BCUT2D eigenvalue weighted by molar-refractivity contribution is 5.43. The predicted octanol–water partition coefficient (Wildman–Crippen LogP) is 1.54. The normalized spacial score (nSPS) is 14.4. The number of pyridine rings is 1. The summed E-state index contributed by atoms with van der Waals surface area (Å²) in [6.45, 7) is 0.902. The number of nitrogens with zero attached hydrogens (tertiary/aromatic N) is 2. The van der Waals surface area contributed by atoms with Crippen LogP contribution in [0.15, 0.2) is 12.3 Å². The van der Waals surface area contributed by atoms with Gasteiger partial charge in [0.2, 0.25) is 0 Å². The van der Waals surface area contributed by atoms with E-state index >= 15 is 0 Å². The van der Waals surface area contributed by atoms with E-state index in [0.717, 1.165) is 0 Å². The second-order valence-corrected chi connectivity index (χ2v) is 4.32. The molecule has 1 heterocycles. The summed E-state index contributed by atoms with van der Waals surface area (Å²) in [5, 5.41) is 3.29. The Kier molecular flexibility index (Phi) is 3.60. The Morgan fingerprint density at radius 1 is 1.65 bits per heavy atom. The molecule has 2 rings (SSSR count). The maximum atomic E-state index is 14.1. The molecule has 90 valence electrons. The molecule has 0 aromatic carbocycles. The Hall–Kier alpha value is -1.60. The topological polar surface area (TPSA) is 28.2 Å². The van der Waals surface area contributed by atoms with Crippen LogP contribution in [0.25, 0.3) is 0 Å². The van der Waals surface area contributed by atoms with Gasteiger partial charge in [0.1, 0.15) is 0 Å². The van der Waals surface area contributed by atoms with Crippen molar-refractivity contribution in [2.45, 2.75) is 25.4 Å². The molecule has 0 saturated heterocycles. The molecule has 0 unspecified atom stereocenters. The molecular formula is C13H16FN3. The van der Waals surface area contributed by atoms with E-state index in [9.17, 15) is 4.39 Å². The number of hydrogen-bond acceptors (Lipinski definition) is 3. The van der Waals surface area contributed by atoms with Gasteiger partial charge >= 0.3 is 0 Å². The summed E-state index contributed by atoms with van der Waals surface area (Å²) in [5.41, 5.74) is 0.644. The Morgan fingerprint density at radius 2 is 2.41 bits per heavy atom. The van der Waals surface area contributed by atoms with Gasteiger partial charge in [0.15, 0.2) is 11.6 Å². The van der Waals surface area contributed by atoms with E-state index in [1.807, 2.05) is 0 Å². The van der Waals surface area contributed by atoms with E-state index in [-0.39, 0.29) is 5.82 Å². The molecule has 0 bridgehead atoms. The molecule has 0 atom stereocenters. The van der Waals surface area contributed by atoms with Crippen molar-refractivity contribution in [3.63, 3.8) is 0 Å². The fourth-order valence-corrected chi connectivity index (χ4v) is 1.63. The van der Waals surface area contributed by atoms with Crippen molar-refractivity contribution in [3.05, 3.63) is 23.6 Å². The molecule has 17 heavy (non-hydrogen) atoms. The van der Waals surface area contributed by atoms with Gasteiger partial charge in [0, 0.05) is 31.4 Å². The molecule has 1 saturated carbocycles. The third kappa shape index (κ3) is 2.95. The van der Waals surface area contributed by atoms with E-state index in [1.54, 1.807) is 24.2 Å². The van der Waals surface area contributed by atoms with Crippen LogP contribution in [-0.2, 0) is 6.54 Å². The van der Waals surface area contributed by atoms with Crippen molar-refractivity contribution in [1.29, 1.82) is 0 Å². The summed E-state index contributed by atoms with van der Waals surface area (Å²) in [4.78, 5) is 5.66. The summed E-state index contributed by atoms with van der Waals surface area (Å²) in [6.07, 6.45) is 9.21. The van der Waals surface area contributed by atoms with E-state index in [0.29, 0.717) is 30.5 Å². The standard InChI is InChI=1S/C13H16FN3/c1-3-8-17(2)13-12(14)10(6-7-15-13)9-16-11-4-5-11/h1,6-7,11,16H,4-5,8-9H2,2H3. The smallest absolute Gasteiger partial charge is 0.170 e. The van der Waals surface area contributed by atoms with Crippen molar-refractivity contribution in [1.82, 2.24) is 10.3 Å². The van der Waals surface area contributed by atoms with Crippen LogP contribution in [0.2, 0.25) is 0 Å². The Bertz CT molecular complexity index is 435. The Morgan fingerprint density at radius 3 is 3.06 bits per heavy atom. The zero-order chi connectivity index (χ0) is 12.3. The minimum atomic E-state index is -0.279. The predicted molar refractivity (Wildman–Crippen MR) is 66.2 cm³/mol. The van der Waals surface area contributed by atoms with Gasteiger partial charge in [-0.05, 0) is 18.9 Å². The lowest BCUT2D eigenvalue weighted by atomic mass is 10.2. The SMILES string of the molecule is C#CCN(C)c1nccc(CNC2CC2)c1F. The van der Waals surface area contributed by atoms with Crippen molar-refractivity contribution in [2.75, 3.05) is 18.5 Å². The molecule has 1 aromatic heterocycles. The monoisotopic (exact) mass is 233 g/mol. The molecule has 1 aromatic rings. The third-order valence-electron chi connectivity index (χ3n) is 2.80. The fraction of sp³-hybridized carbons (Fsp3) is 0.462. The lowest BCUT2D eigenvalue weighted by Gasteiger charge is -2.17. The van der Waals surface area contributed by atoms with Gasteiger partial charge in [0.05, 0.1) is 6.54 Å². The number of hydrogen-bond donors (Lipinski definition) is 1. The van der Waals surface area contributed by atoms with Gasteiger partial charge in [-0.3, -0.25) is 0 Å². The zero-order valence-corrected chi connectivity index (χ0v) is 9.91. The summed E-state index contributed by atoms with van der Waals surface area (Å²) in [5.74, 6) is 2.51. The number of terminal acetylenes is 1. The molecule has 3 nitrogen and oxygen atoms in total. The van der Waals surface area contributed by atoms with Gasteiger partial charge in [-0.15, -0.1) is 6.42 Å². The fourth-order valence-electron chi connectivity index (χ4n) is 1.63. The molecule has 1 N–H and O–H groups in total. The zero-order valence-electron chi connectivity index (χ0n) is 9.91. The Balaban J connectivity index is 2.10. The van der Waals surface area contributed by atoms with Crippen LogP contribution in [0, 0.1) is 18.2 Å². The van der Waals surface area contributed by atoms with Crippen molar-refractivity contribution in [2.24, 2.45) is 0 Å². The minimum absolute atomic E-state index is 0.279. The lowest BCUT2D eigenvalue weighted by molar-refractivity contribution is 0.579. The maximum Gasteiger partial charge on any atom is 0.170 e. The van der Waals surface area contributed by atoms with Gasteiger partial charge in [-0.1, -0.05) is 5.92 Å². The highest BCUT2D eigenvalue weighted by atomic mass is 19.1. The molecule has 0 aliphatic heterocycles. The number of rotatable bonds is 5. The molecular weight excluding hydrogens is 217 g/mol. The van der Waals surface area contributed by atoms with Crippen LogP contribution in [-0.4, -0.2) is 24.6 Å². The van der Waals surface area contributed by atoms with Crippen LogP contribution in [0.5, 0.6) is 0 Å². The lowest BCUT2D eigenvalue weighted by Crippen LogP contribution is -2.22. The van der Waals surface area contributed by atoms with Crippen LogP contribution in [0.4, 0.5) is 10.2 Å². The first kappa shape index (κ1) is 11.9. The average molecular weight is 233 g/mol. The first-order valence-corrected chi connectivity index (χ1v) is 5.73. The first-order valence-electron chi connectivity index (χ1n) is 5.73. The first-order chi connectivity index (χ1) is 8.22. The second kappa shape index (κ2) is 5.15. The van der Waals surface area contributed by atoms with Crippen molar-refractivity contribution < 1.29 is 4.39 Å². The molecule has 0 radical (unpaired) electrons. The summed E-state index contributed by atoms with van der Waals surface area (Å²) in [7, 11) is 1.74. The van der Waals surface area contributed by atoms with Crippen LogP contribution >= 0.6 is 0 Å².